The molecule has 9 heteroatoms. The van der Waals surface area contributed by atoms with Crippen LogP contribution in [-0.4, -0.2) is 28.8 Å². The zero-order valence-electron chi connectivity index (χ0n) is 14.6. The Hall–Kier alpha value is -3.75. The molecule has 2 N–H and O–H groups in total. The minimum atomic E-state index is -1.14. The van der Waals surface area contributed by atoms with Crippen molar-refractivity contribution in [1.82, 2.24) is 0 Å². The van der Waals surface area contributed by atoms with Crippen LogP contribution in [0.4, 0.5) is 17.1 Å². The molecular formula is C18H17N3O6. The highest BCUT2D eigenvalue weighted by Crippen LogP contribution is 2.18. The number of nitrogens with one attached hydrogen (secondary N) is 2. The van der Waals surface area contributed by atoms with E-state index in [9.17, 15) is 24.5 Å². The first-order chi connectivity index (χ1) is 12.8. The molecular weight excluding hydrogens is 354 g/mol. The second-order valence-corrected chi connectivity index (χ2v) is 5.61. The van der Waals surface area contributed by atoms with E-state index in [1.807, 2.05) is 0 Å². The molecule has 9 nitrogen and oxygen atoms in total. The Bertz CT molecular complexity index is 896. The van der Waals surface area contributed by atoms with Crippen molar-refractivity contribution in [3.05, 3.63) is 64.2 Å². The average molecular weight is 371 g/mol. The second-order valence-electron chi connectivity index (χ2n) is 5.61. The Morgan fingerprint density at radius 2 is 1.67 bits per heavy atom. The van der Waals surface area contributed by atoms with Crippen LogP contribution in [0.25, 0.3) is 0 Å². The Morgan fingerprint density at radius 1 is 1.04 bits per heavy atom. The van der Waals surface area contributed by atoms with Gasteiger partial charge in [0.15, 0.2) is 6.10 Å². The summed E-state index contributed by atoms with van der Waals surface area (Å²) in [4.78, 5) is 45.6. The molecule has 0 spiro atoms. The smallest absolute Gasteiger partial charge is 0.338 e. The lowest BCUT2D eigenvalue weighted by molar-refractivity contribution is -0.384. The summed E-state index contributed by atoms with van der Waals surface area (Å²) >= 11 is 0. The van der Waals surface area contributed by atoms with Crippen molar-refractivity contribution in [1.29, 1.82) is 0 Å². The summed E-state index contributed by atoms with van der Waals surface area (Å²) in [6, 6.07) is 11.5. The van der Waals surface area contributed by atoms with Gasteiger partial charge in [0.05, 0.1) is 10.5 Å². The first-order valence-electron chi connectivity index (χ1n) is 7.90. The zero-order valence-corrected chi connectivity index (χ0v) is 14.6. The fourth-order valence-electron chi connectivity index (χ4n) is 2.15. The Labute approximate surface area is 154 Å². The minimum absolute atomic E-state index is 0.163. The summed E-state index contributed by atoms with van der Waals surface area (Å²) in [6.45, 7) is 2.72. The zero-order chi connectivity index (χ0) is 20.0. The first-order valence-corrected chi connectivity index (χ1v) is 7.90. The molecule has 2 aromatic carbocycles. The number of hydrogen-bond donors (Lipinski definition) is 2. The molecule has 0 unspecified atom stereocenters. The van der Waals surface area contributed by atoms with Gasteiger partial charge in [0.1, 0.15) is 0 Å². The van der Waals surface area contributed by atoms with Crippen LogP contribution in [0.2, 0.25) is 0 Å². The molecule has 1 atom stereocenters. The van der Waals surface area contributed by atoms with Gasteiger partial charge in [-0.3, -0.25) is 19.7 Å². The van der Waals surface area contributed by atoms with Gasteiger partial charge in [0.2, 0.25) is 5.91 Å². The highest BCUT2D eigenvalue weighted by molar-refractivity contribution is 5.98. The molecule has 0 saturated heterocycles. The van der Waals surface area contributed by atoms with Crippen molar-refractivity contribution >= 4 is 34.8 Å². The lowest BCUT2D eigenvalue weighted by Crippen LogP contribution is -2.30. The summed E-state index contributed by atoms with van der Waals surface area (Å²) < 4.78 is 5.11. The van der Waals surface area contributed by atoms with Gasteiger partial charge in [-0.1, -0.05) is 12.1 Å². The van der Waals surface area contributed by atoms with Crippen molar-refractivity contribution in [2.45, 2.75) is 20.0 Å². The van der Waals surface area contributed by atoms with E-state index in [0.29, 0.717) is 5.69 Å². The second kappa shape index (κ2) is 8.56. The highest BCUT2D eigenvalue weighted by Gasteiger charge is 2.20. The van der Waals surface area contributed by atoms with Crippen molar-refractivity contribution in [3.63, 3.8) is 0 Å². The maximum absolute atomic E-state index is 12.2. The molecule has 140 valence electrons. The third-order valence-electron chi connectivity index (χ3n) is 3.40. The number of non-ortho nitro benzene ring substituents is 1. The van der Waals surface area contributed by atoms with Crippen molar-refractivity contribution in [2.24, 2.45) is 0 Å². The number of amides is 2. The minimum Gasteiger partial charge on any atom is -0.449 e. The monoisotopic (exact) mass is 371 g/mol. The van der Waals surface area contributed by atoms with Gasteiger partial charge < -0.3 is 15.4 Å². The van der Waals surface area contributed by atoms with E-state index < -0.39 is 22.9 Å². The predicted octanol–water partition coefficient (Wildman–Crippen LogP) is 2.74. The van der Waals surface area contributed by atoms with E-state index in [4.69, 9.17) is 4.74 Å². The lowest BCUT2D eigenvalue weighted by atomic mass is 10.2. The molecule has 2 amide bonds. The third-order valence-corrected chi connectivity index (χ3v) is 3.40. The molecule has 0 bridgehead atoms. The van der Waals surface area contributed by atoms with Crippen molar-refractivity contribution in [3.8, 4) is 0 Å². The van der Waals surface area contributed by atoms with Gasteiger partial charge in [-0.15, -0.1) is 0 Å². The topological polar surface area (TPSA) is 128 Å². The van der Waals surface area contributed by atoms with E-state index >= 15 is 0 Å². The van der Waals surface area contributed by atoms with Gasteiger partial charge in [0, 0.05) is 30.4 Å². The molecule has 27 heavy (non-hydrogen) atoms. The van der Waals surface area contributed by atoms with E-state index in [-0.39, 0.29) is 22.8 Å². The largest absolute Gasteiger partial charge is 0.449 e. The number of hydrogen-bond acceptors (Lipinski definition) is 6. The van der Waals surface area contributed by atoms with Gasteiger partial charge >= 0.3 is 5.97 Å². The molecule has 0 aliphatic carbocycles. The number of benzene rings is 2. The van der Waals surface area contributed by atoms with Crippen LogP contribution in [0.5, 0.6) is 0 Å². The first kappa shape index (κ1) is 19.6. The molecule has 0 aliphatic heterocycles. The predicted molar refractivity (Wildman–Crippen MR) is 97.3 cm³/mol. The van der Waals surface area contributed by atoms with Gasteiger partial charge in [-0.2, -0.15) is 0 Å². The highest BCUT2D eigenvalue weighted by atomic mass is 16.6. The molecule has 0 aromatic heterocycles. The van der Waals surface area contributed by atoms with Crippen molar-refractivity contribution in [2.75, 3.05) is 10.6 Å². The number of nitrogens with zero attached hydrogens (tertiary/aromatic N) is 1. The number of nitro benzene ring substituents is 1. The SMILES string of the molecule is CC(=O)Nc1cccc(C(=O)O[C@H](C)C(=O)Nc2cccc([N+](=O)[O-])c2)c1. The summed E-state index contributed by atoms with van der Waals surface area (Å²) in [6.07, 6.45) is -1.14. The number of ether oxygens (including phenoxy) is 1. The van der Waals surface area contributed by atoms with E-state index in [0.717, 1.165) is 0 Å². The molecule has 0 saturated carbocycles. The molecule has 0 radical (unpaired) electrons. The Balaban J connectivity index is 2.01. The normalized spacial score (nSPS) is 11.2. The molecule has 0 fully saturated rings. The summed E-state index contributed by atoms with van der Waals surface area (Å²) in [5.41, 5.74) is 0.624. The summed E-state index contributed by atoms with van der Waals surface area (Å²) in [5.74, 6) is -1.67. The van der Waals surface area contributed by atoms with E-state index in [1.165, 1.54) is 50.2 Å². The number of nitro groups is 1. The van der Waals surface area contributed by atoms with Crippen LogP contribution >= 0.6 is 0 Å². The number of rotatable bonds is 6. The molecule has 0 heterocycles. The third kappa shape index (κ3) is 5.63. The fourth-order valence-corrected chi connectivity index (χ4v) is 2.15. The maximum Gasteiger partial charge on any atom is 0.338 e. The van der Waals surface area contributed by atoms with Crippen molar-refractivity contribution < 1.29 is 24.0 Å². The van der Waals surface area contributed by atoms with Gasteiger partial charge in [-0.05, 0) is 31.2 Å². The van der Waals surface area contributed by atoms with Crippen LogP contribution < -0.4 is 10.6 Å². The number of carbonyl (C=O) groups is 3. The van der Waals surface area contributed by atoms with Crippen LogP contribution in [0.3, 0.4) is 0 Å². The molecule has 2 aromatic rings. The molecule has 2 rings (SSSR count). The Morgan fingerprint density at radius 3 is 2.30 bits per heavy atom. The maximum atomic E-state index is 12.2. The summed E-state index contributed by atoms with van der Waals surface area (Å²) in [7, 11) is 0. The lowest BCUT2D eigenvalue weighted by Gasteiger charge is -2.14. The van der Waals surface area contributed by atoms with Gasteiger partial charge in [-0.25, -0.2) is 4.79 Å². The average Bonchev–Trinajstić information content (AvgIpc) is 2.61. The standard InChI is InChI=1S/C18H17N3O6/c1-11(17(23)20-15-7-4-8-16(10-15)21(25)26)27-18(24)13-5-3-6-14(9-13)19-12(2)22/h3-11H,1-2H3,(H,19,22)(H,20,23)/t11-/m1/s1. The van der Waals surface area contributed by atoms with Crippen LogP contribution in [0.1, 0.15) is 24.2 Å². The van der Waals surface area contributed by atoms with Crippen LogP contribution in [0, 0.1) is 10.1 Å². The number of anilines is 2. The number of carbonyl (C=O) groups excluding carboxylic acids is 3. The van der Waals surface area contributed by atoms with Crippen LogP contribution in [-0.2, 0) is 14.3 Å². The van der Waals surface area contributed by atoms with E-state index in [2.05, 4.69) is 10.6 Å². The quantitative estimate of drug-likeness (QED) is 0.456. The number of esters is 1. The Kier molecular flexibility index (Phi) is 6.21. The van der Waals surface area contributed by atoms with Crippen LogP contribution in [0.15, 0.2) is 48.5 Å². The summed E-state index contributed by atoms with van der Waals surface area (Å²) in [5, 5.41) is 15.8. The molecule has 0 aliphatic rings. The fraction of sp³-hybridized carbons (Fsp3) is 0.167. The van der Waals surface area contributed by atoms with Gasteiger partial charge in [0.25, 0.3) is 11.6 Å². The van der Waals surface area contributed by atoms with E-state index in [1.54, 1.807) is 12.1 Å².